The van der Waals surface area contributed by atoms with E-state index < -0.39 is 0 Å². The van der Waals surface area contributed by atoms with Gasteiger partial charge in [-0.25, -0.2) is 4.98 Å². The van der Waals surface area contributed by atoms with E-state index in [1.165, 1.54) is 11.3 Å². The molecule has 5 nitrogen and oxygen atoms in total. The number of nitrogens with one attached hydrogen (secondary N) is 1. The Morgan fingerprint density at radius 2 is 1.82 bits per heavy atom. The lowest BCUT2D eigenvalue weighted by Crippen LogP contribution is -1.90. The smallest absolute Gasteiger partial charge is 0.302 e. The molecule has 0 amide bonds. The molecule has 5 aromatic rings. The van der Waals surface area contributed by atoms with Gasteiger partial charge in [0.25, 0.3) is 0 Å². The summed E-state index contributed by atoms with van der Waals surface area (Å²) < 4.78 is 12.4. The lowest BCUT2D eigenvalue weighted by atomic mass is 10.1. The molecule has 2 heterocycles. The molecule has 138 valence electrons. The number of hydrogen-bond donors (Lipinski definition) is 1. The second kappa shape index (κ2) is 6.98. The molecule has 1 N–H and O–H groups in total. The van der Waals surface area contributed by atoms with Crippen LogP contribution in [0.2, 0.25) is 0 Å². The number of rotatable bonds is 5. The first-order valence-corrected chi connectivity index (χ1v) is 9.86. The zero-order valence-electron chi connectivity index (χ0n) is 15.2. The third-order valence-electron chi connectivity index (χ3n) is 4.38. The first kappa shape index (κ1) is 16.8. The highest BCUT2D eigenvalue weighted by molar-refractivity contribution is 7.22. The number of fused-ring (bicyclic) bond motifs is 2. The molecule has 0 saturated heterocycles. The van der Waals surface area contributed by atoms with Gasteiger partial charge in [-0.05, 0) is 48.4 Å². The maximum atomic E-state index is 5.84. The molecule has 0 aliphatic rings. The zero-order valence-corrected chi connectivity index (χ0v) is 16.0. The van der Waals surface area contributed by atoms with Crippen molar-refractivity contribution in [2.24, 2.45) is 0 Å². The fourth-order valence-corrected chi connectivity index (χ4v) is 3.98. The molecule has 3 aromatic carbocycles. The van der Waals surface area contributed by atoms with E-state index in [9.17, 15) is 0 Å². The molecule has 0 radical (unpaired) electrons. The minimum absolute atomic E-state index is 0.435. The average molecular weight is 387 g/mol. The van der Waals surface area contributed by atoms with E-state index in [-0.39, 0.29) is 0 Å². The number of nitrogens with zero attached hydrogens (tertiary/aromatic N) is 2. The van der Waals surface area contributed by atoms with E-state index in [2.05, 4.69) is 27.4 Å². The molecule has 0 fully saturated rings. The SMILES string of the molecule is CCOc1ccc2nc(Nc3nc4cc(-c5ccccc5)ccc4o3)sc2c1. The van der Waals surface area contributed by atoms with E-state index in [4.69, 9.17) is 9.15 Å². The van der Waals surface area contributed by atoms with Gasteiger partial charge in [-0.2, -0.15) is 4.98 Å². The Bertz CT molecular complexity index is 1260. The van der Waals surface area contributed by atoms with Crippen molar-refractivity contribution in [2.75, 3.05) is 11.9 Å². The van der Waals surface area contributed by atoms with Crippen LogP contribution in [0.25, 0.3) is 32.4 Å². The van der Waals surface area contributed by atoms with Gasteiger partial charge in [0.2, 0.25) is 0 Å². The number of hydrogen-bond acceptors (Lipinski definition) is 6. The fraction of sp³-hybridized carbons (Fsp3) is 0.0909. The molecule has 0 aliphatic carbocycles. The highest BCUT2D eigenvalue weighted by Gasteiger charge is 2.11. The highest BCUT2D eigenvalue weighted by atomic mass is 32.1. The van der Waals surface area contributed by atoms with Gasteiger partial charge in [0.1, 0.15) is 11.3 Å². The quantitative estimate of drug-likeness (QED) is 0.386. The molecular weight excluding hydrogens is 370 g/mol. The summed E-state index contributed by atoms with van der Waals surface area (Å²) in [6, 6.07) is 22.6. The molecule has 0 saturated carbocycles. The summed E-state index contributed by atoms with van der Waals surface area (Å²) in [6.07, 6.45) is 0. The maximum Gasteiger partial charge on any atom is 0.302 e. The molecule has 0 aliphatic heterocycles. The third kappa shape index (κ3) is 3.18. The van der Waals surface area contributed by atoms with Gasteiger partial charge in [0.05, 0.1) is 16.8 Å². The monoisotopic (exact) mass is 387 g/mol. The van der Waals surface area contributed by atoms with Crippen LogP contribution in [0.3, 0.4) is 0 Å². The zero-order chi connectivity index (χ0) is 18.9. The molecule has 2 aromatic heterocycles. The van der Waals surface area contributed by atoms with Crippen molar-refractivity contribution < 1.29 is 9.15 Å². The molecule has 28 heavy (non-hydrogen) atoms. The van der Waals surface area contributed by atoms with Crippen molar-refractivity contribution in [3.05, 3.63) is 66.7 Å². The predicted molar refractivity (Wildman–Crippen MR) is 114 cm³/mol. The van der Waals surface area contributed by atoms with Gasteiger partial charge in [0.15, 0.2) is 10.7 Å². The number of oxazole rings is 1. The molecule has 0 unspecified atom stereocenters. The largest absolute Gasteiger partial charge is 0.494 e. The second-order valence-corrected chi connectivity index (χ2v) is 7.30. The molecule has 0 spiro atoms. The van der Waals surface area contributed by atoms with Crippen molar-refractivity contribution in [1.82, 2.24) is 9.97 Å². The molecule has 5 rings (SSSR count). The van der Waals surface area contributed by atoms with E-state index in [0.717, 1.165) is 43.3 Å². The van der Waals surface area contributed by atoms with Gasteiger partial charge >= 0.3 is 6.01 Å². The first-order chi connectivity index (χ1) is 13.8. The Balaban J connectivity index is 1.44. The standard InChI is InChI=1S/C22H17N3O2S/c1-2-26-16-9-10-17-20(13-16)28-22(24-17)25-21-23-18-12-15(8-11-19(18)27-21)14-6-4-3-5-7-14/h3-13H,2H2,1H3,(H,23,24,25). The van der Waals surface area contributed by atoms with Gasteiger partial charge in [-0.15, -0.1) is 0 Å². The highest BCUT2D eigenvalue weighted by Crippen LogP contribution is 2.32. The Labute approximate surface area is 165 Å². The van der Waals surface area contributed by atoms with Crippen LogP contribution in [-0.4, -0.2) is 16.6 Å². The second-order valence-electron chi connectivity index (χ2n) is 6.27. The molecule has 0 atom stereocenters. The van der Waals surface area contributed by atoms with Crippen LogP contribution >= 0.6 is 11.3 Å². The van der Waals surface area contributed by atoms with Crippen molar-refractivity contribution >= 4 is 43.8 Å². The van der Waals surface area contributed by atoms with Crippen molar-refractivity contribution in [1.29, 1.82) is 0 Å². The van der Waals surface area contributed by atoms with Crippen LogP contribution in [0.15, 0.2) is 71.1 Å². The lowest BCUT2D eigenvalue weighted by Gasteiger charge is -2.00. The maximum absolute atomic E-state index is 5.84. The summed E-state index contributed by atoms with van der Waals surface area (Å²) in [5, 5.41) is 3.92. The number of aromatic nitrogens is 2. The summed E-state index contributed by atoms with van der Waals surface area (Å²) in [4.78, 5) is 9.17. The van der Waals surface area contributed by atoms with Crippen molar-refractivity contribution in [3.63, 3.8) is 0 Å². The van der Waals surface area contributed by atoms with Crippen LogP contribution in [0.4, 0.5) is 11.1 Å². The van der Waals surface area contributed by atoms with Crippen molar-refractivity contribution in [3.8, 4) is 16.9 Å². The van der Waals surface area contributed by atoms with E-state index >= 15 is 0 Å². The number of anilines is 2. The Morgan fingerprint density at radius 1 is 0.929 bits per heavy atom. The topological polar surface area (TPSA) is 60.2 Å². The van der Waals surface area contributed by atoms with Crippen LogP contribution in [-0.2, 0) is 0 Å². The van der Waals surface area contributed by atoms with E-state index in [0.29, 0.717) is 12.6 Å². The van der Waals surface area contributed by atoms with Gasteiger partial charge in [-0.1, -0.05) is 47.7 Å². The Kier molecular flexibility index (Phi) is 4.18. The predicted octanol–water partition coefficient (Wildman–Crippen LogP) is 6.25. The van der Waals surface area contributed by atoms with Crippen LogP contribution in [0, 0.1) is 0 Å². The summed E-state index contributed by atoms with van der Waals surface area (Å²) in [5.41, 5.74) is 4.72. The van der Waals surface area contributed by atoms with Crippen LogP contribution in [0.1, 0.15) is 6.92 Å². The minimum Gasteiger partial charge on any atom is -0.494 e. The lowest BCUT2D eigenvalue weighted by molar-refractivity contribution is 0.341. The van der Waals surface area contributed by atoms with E-state index in [1.54, 1.807) is 0 Å². The fourth-order valence-electron chi connectivity index (χ4n) is 3.10. The third-order valence-corrected chi connectivity index (χ3v) is 5.31. The Hall–Kier alpha value is -3.38. The summed E-state index contributed by atoms with van der Waals surface area (Å²) in [6.45, 7) is 2.61. The Morgan fingerprint density at radius 3 is 2.68 bits per heavy atom. The van der Waals surface area contributed by atoms with Gasteiger partial charge in [0, 0.05) is 0 Å². The summed E-state index contributed by atoms with van der Waals surface area (Å²) in [7, 11) is 0. The van der Waals surface area contributed by atoms with Crippen molar-refractivity contribution in [2.45, 2.75) is 6.92 Å². The average Bonchev–Trinajstić information content (AvgIpc) is 3.30. The van der Waals surface area contributed by atoms with Crippen LogP contribution < -0.4 is 10.1 Å². The normalized spacial score (nSPS) is 11.2. The number of benzene rings is 3. The number of thiazole rings is 1. The summed E-state index contributed by atoms with van der Waals surface area (Å²) >= 11 is 1.54. The van der Waals surface area contributed by atoms with E-state index in [1.807, 2.05) is 61.5 Å². The molecule has 6 heteroatoms. The van der Waals surface area contributed by atoms with Crippen LogP contribution in [0.5, 0.6) is 5.75 Å². The minimum atomic E-state index is 0.435. The van der Waals surface area contributed by atoms with Gasteiger partial charge in [-0.3, -0.25) is 5.32 Å². The summed E-state index contributed by atoms with van der Waals surface area (Å²) in [5.74, 6) is 0.848. The molecule has 0 bridgehead atoms. The molecular formula is C22H17N3O2S. The van der Waals surface area contributed by atoms with Gasteiger partial charge < -0.3 is 9.15 Å². The number of ether oxygens (including phenoxy) is 1. The first-order valence-electron chi connectivity index (χ1n) is 9.05.